The van der Waals surface area contributed by atoms with Crippen molar-refractivity contribution < 1.29 is 0 Å². The van der Waals surface area contributed by atoms with Crippen molar-refractivity contribution >= 4 is 0 Å². The summed E-state index contributed by atoms with van der Waals surface area (Å²) in [6, 6.07) is 0. The third-order valence-corrected chi connectivity index (χ3v) is 2.41. The average molecular weight is 169 g/mol. The van der Waals surface area contributed by atoms with Gasteiger partial charge in [-0.05, 0) is 23.7 Å². The number of rotatable bonds is 4. The summed E-state index contributed by atoms with van der Waals surface area (Å²) in [7, 11) is 0. The molecule has 1 atom stereocenters. The van der Waals surface area contributed by atoms with Crippen LogP contribution in [0, 0.1) is 10.8 Å². The Balaban J connectivity index is 3.98. The molecule has 1 heteroatoms. The fraction of sp³-hybridized carbons (Fsp3) is 0.818. The summed E-state index contributed by atoms with van der Waals surface area (Å²) in [6.07, 6.45) is 4.32. The van der Waals surface area contributed by atoms with Gasteiger partial charge in [-0.15, -0.1) is 6.58 Å². The van der Waals surface area contributed by atoms with Gasteiger partial charge >= 0.3 is 0 Å². The molecule has 0 radical (unpaired) electrons. The summed E-state index contributed by atoms with van der Waals surface area (Å²) >= 11 is 0. The minimum Gasteiger partial charge on any atom is -0.330 e. The van der Waals surface area contributed by atoms with Gasteiger partial charge < -0.3 is 5.73 Å². The van der Waals surface area contributed by atoms with Crippen LogP contribution in [0.15, 0.2) is 12.7 Å². The minimum atomic E-state index is 0.132. The van der Waals surface area contributed by atoms with Gasteiger partial charge in [0.15, 0.2) is 0 Å². The van der Waals surface area contributed by atoms with Gasteiger partial charge in [-0.1, -0.05) is 33.8 Å². The lowest BCUT2D eigenvalue weighted by Crippen LogP contribution is -2.26. The monoisotopic (exact) mass is 169 g/mol. The first kappa shape index (κ1) is 11.7. The number of hydrogen-bond acceptors (Lipinski definition) is 1. The predicted molar refractivity (Wildman–Crippen MR) is 56.0 cm³/mol. The highest BCUT2D eigenvalue weighted by atomic mass is 14.6. The number of nitrogens with two attached hydrogens (primary N) is 1. The molecule has 0 bridgehead atoms. The van der Waals surface area contributed by atoms with E-state index in [-0.39, 0.29) is 5.41 Å². The van der Waals surface area contributed by atoms with Gasteiger partial charge in [-0.25, -0.2) is 0 Å². The zero-order valence-electron chi connectivity index (χ0n) is 8.98. The van der Waals surface area contributed by atoms with Crippen LogP contribution in [-0.4, -0.2) is 6.54 Å². The Hall–Kier alpha value is -0.300. The quantitative estimate of drug-likeness (QED) is 0.643. The molecule has 0 aliphatic rings. The van der Waals surface area contributed by atoms with Crippen LogP contribution in [-0.2, 0) is 0 Å². The van der Waals surface area contributed by atoms with E-state index in [0.29, 0.717) is 12.0 Å². The maximum atomic E-state index is 5.68. The smallest absolute Gasteiger partial charge is 0.00114 e. The molecule has 0 aliphatic carbocycles. The van der Waals surface area contributed by atoms with Gasteiger partial charge in [-0.2, -0.15) is 0 Å². The standard InChI is InChI=1S/C11H23N/c1-6-11(5,9-12)8-7-10(2,3)4/h6H,1,7-9,12H2,2-5H3. The second-order valence-electron chi connectivity index (χ2n) is 5.12. The lowest BCUT2D eigenvalue weighted by molar-refractivity contribution is 0.289. The fourth-order valence-corrected chi connectivity index (χ4v) is 0.948. The van der Waals surface area contributed by atoms with Crippen LogP contribution in [0.5, 0.6) is 0 Å². The molecule has 0 saturated carbocycles. The predicted octanol–water partition coefficient (Wildman–Crippen LogP) is 2.96. The van der Waals surface area contributed by atoms with E-state index in [1.807, 2.05) is 6.08 Å². The van der Waals surface area contributed by atoms with Crippen LogP contribution in [0.3, 0.4) is 0 Å². The van der Waals surface area contributed by atoms with Crippen molar-refractivity contribution in [3.63, 3.8) is 0 Å². The normalized spacial score (nSPS) is 17.1. The van der Waals surface area contributed by atoms with Gasteiger partial charge in [0.05, 0.1) is 0 Å². The highest BCUT2D eigenvalue weighted by molar-refractivity contribution is 4.92. The molecule has 1 nitrogen and oxygen atoms in total. The Labute approximate surface area is 77.0 Å². The molecule has 0 aromatic carbocycles. The van der Waals surface area contributed by atoms with Crippen LogP contribution in [0.2, 0.25) is 0 Å². The van der Waals surface area contributed by atoms with Crippen molar-refractivity contribution in [3.05, 3.63) is 12.7 Å². The molecule has 0 fully saturated rings. The molecule has 72 valence electrons. The van der Waals surface area contributed by atoms with Crippen molar-refractivity contribution in [2.24, 2.45) is 16.6 Å². The van der Waals surface area contributed by atoms with E-state index >= 15 is 0 Å². The molecule has 2 N–H and O–H groups in total. The van der Waals surface area contributed by atoms with Crippen LogP contribution < -0.4 is 5.73 Å². The number of hydrogen-bond donors (Lipinski definition) is 1. The van der Waals surface area contributed by atoms with Gasteiger partial charge in [0.2, 0.25) is 0 Å². The fourth-order valence-electron chi connectivity index (χ4n) is 0.948. The maximum Gasteiger partial charge on any atom is 0.00114 e. The van der Waals surface area contributed by atoms with E-state index in [9.17, 15) is 0 Å². The lowest BCUT2D eigenvalue weighted by atomic mass is 9.79. The second kappa shape index (κ2) is 4.08. The molecule has 1 unspecified atom stereocenters. The van der Waals surface area contributed by atoms with E-state index in [2.05, 4.69) is 34.3 Å². The summed E-state index contributed by atoms with van der Waals surface area (Å²) in [5, 5.41) is 0. The van der Waals surface area contributed by atoms with Gasteiger partial charge in [-0.3, -0.25) is 0 Å². The van der Waals surface area contributed by atoms with E-state index < -0.39 is 0 Å². The molecule has 0 aromatic heterocycles. The zero-order valence-corrected chi connectivity index (χ0v) is 8.98. The SMILES string of the molecule is C=CC(C)(CN)CCC(C)(C)C. The van der Waals surface area contributed by atoms with Crippen molar-refractivity contribution in [2.45, 2.75) is 40.5 Å². The van der Waals surface area contributed by atoms with Crippen LogP contribution in [0.1, 0.15) is 40.5 Å². The van der Waals surface area contributed by atoms with E-state index in [1.54, 1.807) is 0 Å². The molecular weight excluding hydrogens is 146 g/mol. The Morgan fingerprint density at radius 1 is 1.17 bits per heavy atom. The summed E-state index contributed by atoms with van der Waals surface area (Å²) in [5.74, 6) is 0. The summed E-state index contributed by atoms with van der Waals surface area (Å²) < 4.78 is 0. The first-order valence-electron chi connectivity index (χ1n) is 4.67. The third-order valence-electron chi connectivity index (χ3n) is 2.41. The first-order valence-corrected chi connectivity index (χ1v) is 4.67. The van der Waals surface area contributed by atoms with Crippen molar-refractivity contribution in [1.29, 1.82) is 0 Å². The average Bonchev–Trinajstić information content (AvgIpc) is 1.99. The highest BCUT2D eigenvalue weighted by Gasteiger charge is 2.21. The Morgan fingerprint density at radius 2 is 1.67 bits per heavy atom. The molecule has 0 amide bonds. The van der Waals surface area contributed by atoms with E-state index in [4.69, 9.17) is 5.73 Å². The molecule has 0 heterocycles. The molecule has 0 rings (SSSR count). The van der Waals surface area contributed by atoms with Crippen LogP contribution in [0.4, 0.5) is 0 Å². The molecule has 0 saturated heterocycles. The second-order valence-corrected chi connectivity index (χ2v) is 5.12. The summed E-state index contributed by atoms with van der Waals surface area (Å²) in [6.45, 7) is 13.5. The van der Waals surface area contributed by atoms with Crippen molar-refractivity contribution in [3.8, 4) is 0 Å². The summed E-state index contributed by atoms with van der Waals surface area (Å²) in [4.78, 5) is 0. The Kier molecular flexibility index (Phi) is 3.98. The van der Waals surface area contributed by atoms with Gasteiger partial charge in [0, 0.05) is 6.54 Å². The zero-order chi connectivity index (χ0) is 9.83. The largest absolute Gasteiger partial charge is 0.330 e. The Morgan fingerprint density at radius 3 is 1.92 bits per heavy atom. The molecule has 0 spiro atoms. The van der Waals surface area contributed by atoms with Crippen LogP contribution in [0.25, 0.3) is 0 Å². The lowest BCUT2D eigenvalue weighted by Gasteiger charge is -2.28. The van der Waals surface area contributed by atoms with E-state index in [1.165, 1.54) is 6.42 Å². The molecule has 12 heavy (non-hydrogen) atoms. The molecule has 0 aliphatic heterocycles. The maximum absolute atomic E-state index is 5.68. The van der Waals surface area contributed by atoms with Gasteiger partial charge in [0.1, 0.15) is 0 Å². The first-order chi connectivity index (χ1) is 5.33. The van der Waals surface area contributed by atoms with Crippen molar-refractivity contribution in [1.82, 2.24) is 0 Å². The van der Waals surface area contributed by atoms with Gasteiger partial charge in [0.25, 0.3) is 0 Å². The Bertz CT molecular complexity index is 144. The van der Waals surface area contributed by atoms with Crippen molar-refractivity contribution in [2.75, 3.05) is 6.54 Å². The minimum absolute atomic E-state index is 0.132. The van der Waals surface area contributed by atoms with Crippen LogP contribution >= 0.6 is 0 Å². The summed E-state index contributed by atoms with van der Waals surface area (Å²) in [5.41, 5.74) is 6.21. The van der Waals surface area contributed by atoms with E-state index in [0.717, 1.165) is 6.42 Å². The molecular formula is C11H23N. The third kappa shape index (κ3) is 4.55. The topological polar surface area (TPSA) is 26.0 Å². The molecule has 0 aromatic rings. The highest BCUT2D eigenvalue weighted by Crippen LogP contribution is 2.30.